The van der Waals surface area contributed by atoms with Gasteiger partial charge in [-0.15, -0.1) is 11.8 Å². The third-order valence-corrected chi connectivity index (χ3v) is 3.80. The molecule has 15 heavy (non-hydrogen) atoms. The fourth-order valence-corrected chi connectivity index (χ4v) is 2.94. The lowest BCUT2D eigenvalue weighted by Crippen LogP contribution is -2.16. The number of hydrogen-bond acceptors (Lipinski definition) is 3. The summed E-state index contributed by atoms with van der Waals surface area (Å²) in [5.74, 6) is -0.0440. The quantitative estimate of drug-likeness (QED) is 0.767. The van der Waals surface area contributed by atoms with Crippen molar-refractivity contribution in [1.29, 1.82) is 0 Å². The fraction of sp³-hybridized carbons (Fsp3) is 0.364. The van der Waals surface area contributed by atoms with E-state index in [1.807, 2.05) is 6.07 Å². The van der Waals surface area contributed by atoms with E-state index in [1.54, 1.807) is 23.9 Å². The van der Waals surface area contributed by atoms with Gasteiger partial charge >= 0.3 is 5.97 Å². The van der Waals surface area contributed by atoms with Crippen molar-refractivity contribution in [2.45, 2.75) is 17.7 Å². The number of aliphatic carboxylic acids is 1. The van der Waals surface area contributed by atoms with Gasteiger partial charge in [0.15, 0.2) is 0 Å². The van der Waals surface area contributed by atoms with Crippen molar-refractivity contribution in [3.63, 3.8) is 0 Å². The first-order valence-corrected chi connectivity index (χ1v) is 5.83. The molecule has 0 bridgehead atoms. The van der Waals surface area contributed by atoms with Gasteiger partial charge in [0.05, 0.1) is 10.8 Å². The first-order valence-electron chi connectivity index (χ1n) is 4.85. The second kappa shape index (κ2) is 4.14. The summed E-state index contributed by atoms with van der Waals surface area (Å²) >= 11 is 1.54. The predicted octanol–water partition coefficient (Wildman–Crippen LogP) is 2.13. The summed E-state index contributed by atoms with van der Waals surface area (Å²) in [5, 5.41) is 18.6. The van der Waals surface area contributed by atoms with Crippen LogP contribution in [0.25, 0.3) is 0 Å². The zero-order valence-electron chi connectivity index (χ0n) is 8.14. The van der Waals surface area contributed by atoms with Gasteiger partial charge in [-0.2, -0.15) is 0 Å². The summed E-state index contributed by atoms with van der Waals surface area (Å²) in [6, 6.07) is 5.30. The van der Waals surface area contributed by atoms with Crippen LogP contribution in [0.4, 0.5) is 0 Å². The molecule has 4 heteroatoms. The Labute approximate surface area is 92.1 Å². The molecular formula is C11H12O3S. The molecule has 1 atom stereocenters. The number of rotatable bonds is 1. The third-order valence-electron chi connectivity index (χ3n) is 2.60. The highest BCUT2D eigenvalue weighted by Gasteiger charge is 2.23. The van der Waals surface area contributed by atoms with E-state index in [4.69, 9.17) is 5.11 Å². The van der Waals surface area contributed by atoms with Crippen molar-refractivity contribution in [3.05, 3.63) is 23.8 Å². The summed E-state index contributed by atoms with van der Waals surface area (Å²) in [5.41, 5.74) is 0.949. The maximum Gasteiger partial charge on any atom is 0.306 e. The molecule has 3 nitrogen and oxygen atoms in total. The van der Waals surface area contributed by atoms with Crippen LogP contribution in [-0.4, -0.2) is 21.9 Å². The Morgan fingerprint density at radius 2 is 2.27 bits per heavy atom. The molecule has 0 saturated heterocycles. The lowest BCUT2D eigenvalue weighted by atomic mass is 9.97. The molecule has 80 valence electrons. The summed E-state index contributed by atoms with van der Waals surface area (Å²) in [7, 11) is 0. The Bertz CT molecular complexity index is 389. The minimum Gasteiger partial charge on any atom is -0.507 e. The van der Waals surface area contributed by atoms with Crippen molar-refractivity contribution in [1.82, 2.24) is 0 Å². The van der Waals surface area contributed by atoms with Gasteiger partial charge in [-0.1, -0.05) is 12.1 Å². The van der Waals surface area contributed by atoms with Crippen LogP contribution in [-0.2, 0) is 11.2 Å². The third kappa shape index (κ3) is 2.09. The highest BCUT2D eigenvalue weighted by Crippen LogP contribution is 2.37. The molecule has 0 amide bonds. The first-order chi connectivity index (χ1) is 7.18. The normalized spacial score (nSPS) is 20.4. The lowest BCUT2D eigenvalue weighted by Gasteiger charge is -2.09. The van der Waals surface area contributed by atoms with E-state index in [9.17, 15) is 9.90 Å². The second-order valence-corrected chi connectivity index (χ2v) is 4.75. The zero-order chi connectivity index (χ0) is 10.8. The molecule has 1 aliphatic rings. The second-order valence-electron chi connectivity index (χ2n) is 3.64. The molecule has 0 radical (unpaired) electrons. The molecule has 0 aromatic heterocycles. The highest BCUT2D eigenvalue weighted by atomic mass is 32.2. The maximum absolute atomic E-state index is 10.9. The van der Waals surface area contributed by atoms with E-state index < -0.39 is 5.97 Å². The number of thioether (sulfide) groups is 1. The lowest BCUT2D eigenvalue weighted by molar-refractivity contribution is -0.141. The van der Waals surface area contributed by atoms with Crippen LogP contribution >= 0.6 is 11.8 Å². The largest absolute Gasteiger partial charge is 0.507 e. The minimum absolute atomic E-state index is 0.267. The van der Waals surface area contributed by atoms with Gasteiger partial charge in [0, 0.05) is 0 Å². The number of fused-ring (bicyclic) bond motifs is 1. The number of benzene rings is 1. The summed E-state index contributed by atoms with van der Waals surface area (Å²) < 4.78 is 0. The molecule has 0 spiro atoms. The Morgan fingerprint density at radius 1 is 1.47 bits per heavy atom. The van der Waals surface area contributed by atoms with Crippen molar-refractivity contribution in [3.8, 4) is 5.75 Å². The monoisotopic (exact) mass is 224 g/mol. The van der Waals surface area contributed by atoms with Crippen LogP contribution < -0.4 is 0 Å². The van der Waals surface area contributed by atoms with Crippen LogP contribution in [0.3, 0.4) is 0 Å². The summed E-state index contributed by atoms with van der Waals surface area (Å²) in [4.78, 5) is 11.8. The van der Waals surface area contributed by atoms with Crippen LogP contribution in [0.5, 0.6) is 5.75 Å². The predicted molar refractivity (Wildman–Crippen MR) is 58.3 cm³/mol. The number of phenols is 1. The van der Waals surface area contributed by atoms with Gasteiger partial charge < -0.3 is 10.2 Å². The van der Waals surface area contributed by atoms with Gasteiger partial charge in [-0.05, 0) is 30.2 Å². The number of carboxylic acids is 1. The molecule has 2 rings (SSSR count). The molecule has 1 aromatic rings. The number of phenolic OH excluding ortho intramolecular Hbond substituents is 1. The van der Waals surface area contributed by atoms with Gasteiger partial charge in [-0.25, -0.2) is 0 Å². The molecular weight excluding hydrogens is 212 g/mol. The van der Waals surface area contributed by atoms with E-state index >= 15 is 0 Å². The van der Waals surface area contributed by atoms with Crippen molar-refractivity contribution >= 4 is 17.7 Å². The SMILES string of the molecule is O=C(O)C1CCSc2c(O)cccc2C1. The minimum atomic E-state index is -0.744. The number of carboxylic acid groups (broad SMARTS) is 1. The smallest absolute Gasteiger partial charge is 0.306 e. The van der Waals surface area contributed by atoms with E-state index in [0.29, 0.717) is 12.8 Å². The molecule has 0 aliphatic carbocycles. The first kappa shape index (κ1) is 10.4. The molecule has 0 saturated carbocycles. The van der Waals surface area contributed by atoms with Crippen LogP contribution in [0.1, 0.15) is 12.0 Å². The molecule has 1 aromatic carbocycles. The van der Waals surface area contributed by atoms with Crippen LogP contribution in [0.15, 0.2) is 23.1 Å². The Kier molecular flexibility index (Phi) is 2.86. The topological polar surface area (TPSA) is 57.5 Å². The van der Waals surface area contributed by atoms with Crippen LogP contribution in [0.2, 0.25) is 0 Å². The molecule has 0 fully saturated rings. The zero-order valence-corrected chi connectivity index (χ0v) is 8.96. The van der Waals surface area contributed by atoms with E-state index in [0.717, 1.165) is 16.2 Å². The number of aromatic hydroxyl groups is 1. The maximum atomic E-state index is 10.9. The Balaban J connectivity index is 2.34. The van der Waals surface area contributed by atoms with Crippen molar-refractivity contribution in [2.24, 2.45) is 5.92 Å². The van der Waals surface area contributed by atoms with Gasteiger partial charge in [0.25, 0.3) is 0 Å². The number of hydrogen-bond donors (Lipinski definition) is 2. The van der Waals surface area contributed by atoms with Gasteiger partial charge in [0.1, 0.15) is 5.75 Å². The van der Waals surface area contributed by atoms with Crippen molar-refractivity contribution < 1.29 is 15.0 Å². The Morgan fingerprint density at radius 3 is 3.00 bits per heavy atom. The van der Waals surface area contributed by atoms with E-state index in [1.165, 1.54) is 0 Å². The average Bonchev–Trinajstić information content (AvgIpc) is 2.40. The molecule has 1 heterocycles. The van der Waals surface area contributed by atoms with Gasteiger partial charge in [-0.3, -0.25) is 4.79 Å². The summed E-state index contributed by atoms with van der Waals surface area (Å²) in [6.07, 6.45) is 1.18. The fourth-order valence-electron chi connectivity index (χ4n) is 1.78. The van der Waals surface area contributed by atoms with Crippen LogP contribution in [0, 0.1) is 5.92 Å². The molecule has 1 unspecified atom stereocenters. The standard InChI is InChI=1S/C11H12O3S/c12-9-3-1-2-7-6-8(11(13)14)4-5-15-10(7)9/h1-3,8,12H,4-6H2,(H,13,14). The van der Waals surface area contributed by atoms with Crippen molar-refractivity contribution in [2.75, 3.05) is 5.75 Å². The molecule has 1 aliphatic heterocycles. The van der Waals surface area contributed by atoms with Gasteiger partial charge in [0.2, 0.25) is 0 Å². The average molecular weight is 224 g/mol. The Hall–Kier alpha value is -1.16. The van der Waals surface area contributed by atoms with E-state index in [2.05, 4.69) is 0 Å². The highest BCUT2D eigenvalue weighted by molar-refractivity contribution is 7.99. The number of carbonyl (C=O) groups is 1. The van der Waals surface area contributed by atoms with E-state index in [-0.39, 0.29) is 11.7 Å². The summed E-state index contributed by atoms with van der Waals surface area (Å²) in [6.45, 7) is 0. The molecule has 2 N–H and O–H groups in total.